The van der Waals surface area contributed by atoms with E-state index >= 15 is 0 Å². The second kappa shape index (κ2) is 6.44. The molecule has 132 valence electrons. The van der Waals surface area contributed by atoms with Crippen LogP contribution < -0.4 is 4.18 Å². The minimum atomic E-state index is -5.96. The van der Waals surface area contributed by atoms with E-state index in [0.29, 0.717) is 0 Å². The predicted molar refractivity (Wildman–Crippen MR) is 76.6 cm³/mol. The third kappa shape index (κ3) is 3.72. The van der Waals surface area contributed by atoms with Crippen molar-refractivity contribution in [3.05, 3.63) is 35.7 Å². The maximum Gasteiger partial charge on any atom is 0.534 e. The number of aromatic nitrogens is 2. The molecule has 25 heavy (non-hydrogen) atoms. The molecule has 0 spiro atoms. The number of carbonyl (C=O) groups is 1. The first-order chi connectivity index (χ1) is 11.6. The molecule has 2 aromatic rings. The van der Waals surface area contributed by atoms with Gasteiger partial charge in [-0.25, -0.2) is 9.31 Å². The fourth-order valence-electron chi connectivity index (χ4n) is 1.74. The van der Waals surface area contributed by atoms with Gasteiger partial charge in [-0.05, 0) is 17.7 Å². The summed E-state index contributed by atoms with van der Waals surface area (Å²) in [6.45, 7) is 0. The summed E-state index contributed by atoms with van der Waals surface area (Å²) in [4.78, 5) is 11.1. The van der Waals surface area contributed by atoms with Crippen LogP contribution in [0.5, 0.6) is 5.75 Å². The van der Waals surface area contributed by atoms with Gasteiger partial charge >= 0.3 is 21.6 Å². The minimum Gasteiger partial charge on any atom is -0.466 e. The summed E-state index contributed by atoms with van der Waals surface area (Å²) in [7, 11) is -4.85. The van der Waals surface area contributed by atoms with Crippen molar-refractivity contribution in [2.24, 2.45) is 0 Å². The molecule has 0 saturated heterocycles. The molecule has 2 rings (SSSR count). The number of carbonyl (C=O) groups excluding carboxylic acids is 1. The maximum atomic E-state index is 12.6. The Bertz CT molecular complexity index is 1000. The lowest BCUT2D eigenvalue weighted by Crippen LogP contribution is -2.28. The Kier molecular flexibility index (Phi) is 4.71. The zero-order valence-electron chi connectivity index (χ0n) is 12.3. The van der Waals surface area contributed by atoms with Crippen LogP contribution in [0.15, 0.2) is 24.5 Å². The Hall–Kier alpha value is -3.07. The van der Waals surface area contributed by atoms with Crippen LogP contribution in [0.25, 0.3) is 11.6 Å². The first-order valence-electron chi connectivity index (χ1n) is 6.27. The normalized spacial score (nSPS) is 12.3. The van der Waals surface area contributed by atoms with E-state index in [9.17, 15) is 26.4 Å². The van der Waals surface area contributed by atoms with Crippen molar-refractivity contribution in [3.8, 4) is 11.8 Å². The van der Waals surface area contributed by atoms with Crippen molar-refractivity contribution in [1.29, 1.82) is 5.26 Å². The molecule has 12 heteroatoms. The average Bonchev–Trinajstić information content (AvgIpc) is 2.94. The highest BCUT2D eigenvalue weighted by atomic mass is 32.2. The molecule has 0 saturated carbocycles. The fourth-order valence-corrected chi connectivity index (χ4v) is 2.20. The van der Waals surface area contributed by atoms with Gasteiger partial charge < -0.3 is 8.92 Å². The number of ether oxygens (including phenoxy) is 1. The molecule has 8 nitrogen and oxygen atoms in total. The lowest BCUT2D eigenvalue weighted by atomic mass is 10.2. The molecule has 0 bridgehead atoms. The maximum absolute atomic E-state index is 12.6. The van der Waals surface area contributed by atoms with Gasteiger partial charge in [0, 0.05) is 12.3 Å². The summed E-state index contributed by atoms with van der Waals surface area (Å²) in [5.41, 5.74) is -6.05. The molecule has 0 aromatic carbocycles. The van der Waals surface area contributed by atoms with Crippen LogP contribution in [-0.4, -0.2) is 36.6 Å². The Balaban J connectivity index is 2.63. The predicted octanol–water partition coefficient (Wildman–Crippen LogP) is 1.62. The number of nitrogens with zero attached hydrogens (tertiary/aromatic N) is 3. The standard InChI is InChI=1S/C13H8F3N3O5S/c1-23-11(20)3-2-8-4-10(24-25(21,22)13(14,15)16)12-9(5-17)6-18-19(12)7-8/h2-4,6-7H,1H3/b3-2+. The molecule has 0 aliphatic heterocycles. The van der Waals surface area contributed by atoms with Crippen LogP contribution in [0, 0.1) is 11.3 Å². The van der Waals surface area contributed by atoms with Crippen LogP contribution in [0.1, 0.15) is 11.1 Å². The van der Waals surface area contributed by atoms with E-state index < -0.39 is 27.3 Å². The number of halogens is 3. The lowest BCUT2D eigenvalue weighted by Gasteiger charge is -2.11. The van der Waals surface area contributed by atoms with Gasteiger partial charge in [0.1, 0.15) is 17.1 Å². The van der Waals surface area contributed by atoms with E-state index in [2.05, 4.69) is 14.0 Å². The highest BCUT2D eigenvalue weighted by molar-refractivity contribution is 7.88. The SMILES string of the molecule is COC(=O)/C=C/c1cc(OS(=O)(=O)C(F)(F)F)c2c(C#N)cnn2c1. The average molecular weight is 375 g/mol. The molecule has 0 unspecified atom stereocenters. The first-order valence-corrected chi connectivity index (χ1v) is 7.68. The van der Waals surface area contributed by atoms with Gasteiger partial charge in [0.25, 0.3) is 0 Å². The van der Waals surface area contributed by atoms with E-state index in [4.69, 9.17) is 5.26 Å². The van der Waals surface area contributed by atoms with E-state index in [1.165, 1.54) is 6.20 Å². The second-order valence-electron chi connectivity index (χ2n) is 4.44. The Labute approximate surface area is 138 Å². The number of hydrogen-bond donors (Lipinski definition) is 0. The fraction of sp³-hybridized carbons (Fsp3) is 0.154. The van der Waals surface area contributed by atoms with Crippen molar-refractivity contribution < 1.29 is 35.3 Å². The van der Waals surface area contributed by atoms with Gasteiger partial charge in [0.15, 0.2) is 5.75 Å². The summed E-state index contributed by atoms with van der Waals surface area (Å²) in [6.07, 6.45) is 4.38. The molecule has 2 aromatic heterocycles. The molecule has 0 atom stereocenters. The van der Waals surface area contributed by atoms with Crippen molar-refractivity contribution >= 4 is 27.7 Å². The van der Waals surface area contributed by atoms with Crippen LogP contribution in [0.2, 0.25) is 0 Å². The summed E-state index contributed by atoms with van der Waals surface area (Å²) in [5.74, 6) is -1.51. The minimum absolute atomic E-state index is 0.0814. The van der Waals surface area contributed by atoms with Crippen LogP contribution in [0.3, 0.4) is 0 Å². The largest absolute Gasteiger partial charge is 0.534 e. The molecule has 2 heterocycles. The van der Waals surface area contributed by atoms with Gasteiger partial charge in [0.05, 0.1) is 13.3 Å². The van der Waals surface area contributed by atoms with E-state index in [1.54, 1.807) is 6.07 Å². The molecule has 0 aliphatic rings. The van der Waals surface area contributed by atoms with Crippen molar-refractivity contribution in [2.75, 3.05) is 7.11 Å². The van der Waals surface area contributed by atoms with Gasteiger partial charge in [-0.15, -0.1) is 0 Å². The number of methoxy groups -OCH3 is 1. The molecule has 0 fully saturated rings. The topological polar surface area (TPSA) is 111 Å². The summed E-state index contributed by atoms with van der Waals surface area (Å²) in [5, 5.41) is 12.7. The van der Waals surface area contributed by atoms with Crippen LogP contribution in [-0.2, 0) is 19.6 Å². The number of pyridine rings is 1. The highest BCUT2D eigenvalue weighted by Gasteiger charge is 2.49. The summed E-state index contributed by atoms with van der Waals surface area (Å²) >= 11 is 0. The monoisotopic (exact) mass is 375 g/mol. The van der Waals surface area contributed by atoms with Crippen LogP contribution in [0.4, 0.5) is 13.2 Å². The smallest absolute Gasteiger partial charge is 0.466 e. The summed E-state index contributed by atoms with van der Waals surface area (Å²) in [6, 6.07) is 2.58. The summed E-state index contributed by atoms with van der Waals surface area (Å²) < 4.78 is 69.6. The quantitative estimate of drug-likeness (QED) is 0.345. The van der Waals surface area contributed by atoms with Gasteiger partial charge in [0.2, 0.25) is 0 Å². The van der Waals surface area contributed by atoms with E-state index in [0.717, 1.165) is 36.0 Å². The Morgan fingerprint density at radius 2 is 2.12 bits per heavy atom. The number of fused-ring (bicyclic) bond motifs is 1. The van der Waals surface area contributed by atoms with Crippen molar-refractivity contribution in [2.45, 2.75) is 5.51 Å². The number of esters is 1. The number of alkyl halides is 3. The van der Waals surface area contributed by atoms with Crippen molar-refractivity contribution in [1.82, 2.24) is 9.61 Å². The molecular formula is C13H8F3N3O5S. The Morgan fingerprint density at radius 1 is 1.44 bits per heavy atom. The van der Waals surface area contributed by atoms with E-state index in [-0.39, 0.29) is 16.6 Å². The van der Waals surface area contributed by atoms with Gasteiger partial charge in [-0.1, -0.05) is 0 Å². The van der Waals surface area contributed by atoms with Crippen molar-refractivity contribution in [3.63, 3.8) is 0 Å². The van der Waals surface area contributed by atoms with Gasteiger partial charge in [-0.2, -0.15) is 31.9 Å². The zero-order chi connectivity index (χ0) is 18.8. The zero-order valence-corrected chi connectivity index (χ0v) is 13.1. The number of rotatable bonds is 4. The van der Waals surface area contributed by atoms with Crippen LogP contribution >= 0.6 is 0 Å². The third-order valence-corrected chi connectivity index (χ3v) is 3.78. The molecule has 0 aliphatic carbocycles. The molecule has 0 amide bonds. The highest BCUT2D eigenvalue weighted by Crippen LogP contribution is 2.31. The van der Waals surface area contributed by atoms with E-state index in [1.807, 2.05) is 0 Å². The molecule has 0 N–H and O–H groups in total. The second-order valence-corrected chi connectivity index (χ2v) is 5.98. The first kappa shape index (κ1) is 18.3. The third-order valence-electron chi connectivity index (χ3n) is 2.81. The lowest BCUT2D eigenvalue weighted by molar-refractivity contribution is -0.134. The van der Waals surface area contributed by atoms with Gasteiger partial charge in [-0.3, -0.25) is 0 Å². The molecule has 0 radical (unpaired) electrons. The number of nitriles is 1. The Morgan fingerprint density at radius 3 is 2.68 bits per heavy atom. The molecular weight excluding hydrogens is 367 g/mol. The number of hydrogen-bond acceptors (Lipinski definition) is 7.